The molecule has 0 radical (unpaired) electrons. The molecule has 24 heavy (non-hydrogen) atoms. The maximum absolute atomic E-state index is 12.4. The van der Waals surface area contributed by atoms with E-state index in [0.717, 1.165) is 56.2 Å². The van der Waals surface area contributed by atoms with Crippen LogP contribution in [0.3, 0.4) is 0 Å². The highest BCUT2D eigenvalue weighted by Crippen LogP contribution is 2.23. The second-order valence-corrected chi connectivity index (χ2v) is 6.42. The molecule has 2 aliphatic rings. The van der Waals surface area contributed by atoms with Crippen LogP contribution in [-0.4, -0.2) is 78.6 Å². The van der Waals surface area contributed by atoms with Gasteiger partial charge in [0.25, 0.3) is 0 Å². The molecule has 0 unspecified atom stereocenters. The average molecular weight is 350 g/mol. The number of pyridine rings is 1. The molecule has 8 heteroatoms. The van der Waals surface area contributed by atoms with Crippen molar-refractivity contribution in [2.24, 2.45) is 5.10 Å². The topological polar surface area (TPSA) is 47.0 Å². The smallest absolute Gasteiger partial charge is 0.189 e. The third-order valence-electron chi connectivity index (χ3n) is 4.50. The van der Waals surface area contributed by atoms with Crippen molar-refractivity contribution in [3.63, 3.8) is 0 Å². The maximum atomic E-state index is 12.4. The van der Waals surface area contributed by atoms with Gasteiger partial charge in [-0.25, -0.2) is 4.39 Å². The fourth-order valence-corrected chi connectivity index (χ4v) is 3.26. The zero-order chi connectivity index (χ0) is 16.9. The van der Waals surface area contributed by atoms with Gasteiger partial charge in [-0.05, 0) is 24.4 Å². The van der Waals surface area contributed by atoms with Crippen molar-refractivity contribution in [1.29, 1.82) is 0 Å². The number of fused-ring (bicyclic) bond motifs is 1. The van der Waals surface area contributed by atoms with Crippen molar-refractivity contribution in [2.75, 3.05) is 57.9 Å². The zero-order valence-corrected chi connectivity index (χ0v) is 14.7. The van der Waals surface area contributed by atoms with Crippen molar-refractivity contribution in [3.8, 4) is 0 Å². The van der Waals surface area contributed by atoms with E-state index in [9.17, 15) is 4.39 Å². The Balaban J connectivity index is 1.60. The fraction of sp³-hybridized carbons (Fsp3) is 0.562. The first-order valence-electron chi connectivity index (χ1n) is 8.25. The molecule has 1 fully saturated rings. The molecule has 1 aromatic heterocycles. The molecule has 3 rings (SSSR count). The first-order valence-corrected chi connectivity index (χ1v) is 8.66. The molecule has 1 aromatic rings. The van der Waals surface area contributed by atoms with Gasteiger partial charge in [0, 0.05) is 58.9 Å². The van der Waals surface area contributed by atoms with E-state index >= 15 is 0 Å². The van der Waals surface area contributed by atoms with Gasteiger partial charge in [-0.3, -0.25) is 15.3 Å². The molecule has 3 heterocycles. The largest absolute Gasteiger partial charge is 0.372 e. The third-order valence-corrected chi connectivity index (χ3v) is 4.85. The van der Waals surface area contributed by atoms with Crippen molar-refractivity contribution in [2.45, 2.75) is 6.42 Å². The lowest BCUT2D eigenvalue weighted by atomic mass is 10.1. The lowest BCUT2D eigenvalue weighted by molar-refractivity contribution is 0.170. The SMILES string of the molecule is CN1CC/C(=N/NC(=S)N2CCN(CCF)CC2)c2ncccc21. The number of hydrogen-bond acceptors (Lipinski definition) is 5. The fourth-order valence-electron chi connectivity index (χ4n) is 3.03. The Hall–Kier alpha value is -1.80. The molecule has 0 amide bonds. The monoisotopic (exact) mass is 350 g/mol. The van der Waals surface area contributed by atoms with Crippen LogP contribution in [0.5, 0.6) is 0 Å². The minimum atomic E-state index is -0.294. The van der Waals surface area contributed by atoms with E-state index in [4.69, 9.17) is 12.2 Å². The van der Waals surface area contributed by atoms with E-state index in [1.54, 1.807) is 6.20 Å². The number of thiocarbonyl (C=S) groups is 1. The van der Waals surface area contributed by atoms with Gasteiger partial charge in [-0.15, -0.1) is 0 Å². The summed E-state index contributed by atoms with van der Waals surface area (Å²) in [7, 11) is 2.06. The lowest BCUT2D eigenvalue weighted by Crippen LogP contribution is -2.51. The Morgan fingerprint density at radius 2 is 2.12 bits per heavy atom. The molecule has 1 saturated heterocycles. The molecular weight excluding hydrogens is 327 g/mol. The quantitative estimate of drug-likeness (QED) is 0.650. The number of hydrogen-bond donors (Lipinski definition) is 1. The van der Waals surface area contributed by atoms with Crippen LogP contribution in [0.2, 0.25) is 0 Å². The van der Waals surface area contributed by atoms with E-state index in [2.05, 4.69) is 43.3 Å². The van der Waals surface area contributed by atoms with Crippen LogP contribution < -0.4 is 10.3 Å². The van der Waals surface area contributed by atoms with Crippen LogP contribution in [0.25, 0.3) is 0 Å². The third kappa shape index (κ3) is 3.81. The number of halogens is 1. The molecule has 130 valence electrons. The summed E-state index contributed by atoms with van der Waals surface area (Å²) in [5.74, 6) is 0. The summed E-state index contributed by atoms with van der Waals surface area (Å²) in [4.78, 5) is 10.8. The van der Waals surface area contributed by atoms with Gasteiger partial charge in [0.2, 0.25) is 0 Å². The van der Waals surface area contributed by atoms with Crippen LogP contribution >= 0.6 is 12.2 Å². The van der Waals surface area contributed by atoms with E-state index in [-0.39, 0.29) is 6.67 Å². The number of anilines is 1. The molecule has 0 bridgehead atoms. The van der Waals surface area contributed by atoms with Gasteiger partial charge in [-0.1, -0.05) is 0 Å². The van der Waals surface area contributed by atoms with Gasteiger partial charge in [-0.2, -0.15) is 5.10 Å². The second-order valence-electron chi connectivity index (χ2n) is 6.04. The average Bonchev–Trinajstić information content (AvgIpc) is 2.62. The summed E-state index contributed by atoms with van der Waals surface area (Å²) < 4.78 is 12.4. The van der Waals surface area contributed by atoms with Crippen LogP contribution in [0, 0.1) is 0 Å². The van der Waals surface area contributed by atoms with E-state index in [0.29, 0.717) is 11.7 Å². The number of hydrazone groups is 1. The summed E-state index contributed by atoms with van der Waals surface area (Å²) >= 11 is 5.45. The number of aromatic nitrogens is 1. The minimum Gasteiger partial charge on any atom is -0.372 e. The molecule has 6 nitrogen and oxygen atoms in total. The summed E-state index contributed by atoms with van der Waals surface area (Å²) in [5.41, 5.74) is 5.96. The minimum absolute atomic E-state index is 0.294. The van der Waals surface area contributed by atoms with Crippen molar-refractivity contribution in [3.05, 3.63) is 24.0 Å². The summed E-state index contributed by atoms with van der Waals surface area (Å²) in [6, 6.07) is 3.99. The molecular formula is C16H23FN6S. The van der Waals surface area contributed by atoms with Crippen LogP contribution in [0.1, 0.15) is 12.1 Å². The van der Waals surface area contributed by atoms with Gasteiger partial charge < -0.3 is 9.80 Å². The standard InChI is InChI=1S/C16H23FN6S/c1-21-7-4-13(15-14(21)3-2-6-18-15)19-20-16(24)23-11-9-22(8-5-17)10-12-23/h2-3,6H,4-5,7-12H2,1H3,(H,20,24)/b19-13-. The molecule has 0 spiro atoms. The number of piperazine rings is 1. The predicted octanol–water partition coefficient (Wildman–Crippen LogP) is 1.09. The Kier molecular flexibility index (Phi) is 5.57. The normalized spacial score (nSPS) is 20.2. The molecule has 0 atom stereocenters. The highest BCUT2D eigenvalue weighted by atomic mass is 32.1. The zero-order valence-electron chi connectivity index (χ0n) is 13.9. The van der Waals surface area contributed by atoms with Crippen LogP contribution in [0.4, 0.5) is 10.1 Å². The molecule has 2 aliphatic heterocycles. The second kappa shape index (κ2) is 7.85. The first-order chi connectivity index (χ1) is 11.7. The van der Waals surface area contributed by atoms with E-state index < -0.39 is 0 Å². The number of nitrogens with one attached hydrogen (secondary N) is 1. The number of alkyl halides is 1. The predicted molar refractivity (Wildman–Crippen MR) is 98.4 cm³/mol. The van der Waals surface area contributed by atoms with Gasteiger partial charge in [0.1, 0.15) is 12.4 Å². The highest BCUT2D eigenvalue weighted by molar-refractivity contribution is 7.80. The Morgan fingerprint density at radius 3 is 2.88 bits per heavy atom. The Bertz CT molecular complexity index is 614. The van der Waals surface area contributed by atoms with Crippen molar-refractivity contribution in [1.82, 2.24) is 20.2 Å². The summed E-state index contributed by atoms with van der Waals surface area (Å²) in [6.45, 7) is 4.38. The molecule has 0 saturated carbocycles. The van der Waals surface area contributed by atoms with E-state index in [1.165, 1.54) is 0 Å². The summed E-state index contributed by atoms with van der Waals surface area (Å²) in [6.07, 6.45) is 2.62. The van der Waals surface area contributed by atoms with Crippen LogP contribution in [0.15, 0.2) is 23.4 Å². The van der Waals surface area contributed by atoms with Crippen LogP contribution in [-0.2, 0) is 0 Å². The van der Waals surface area contributed by atoms with Gasteiger partial charge in [0.15, 0.2) is 5.11 Å². The summed E-state index contributed by atoms with van der Waals surface area (Å²) in [5, 5.41) is 5.13. The Morgan fingerprint density at radius 1 is 1.33 bits per heavy atom. The maximum Gasteiger partial charge on any atom is 0.189 e. The van der Waals surface area contributed by atoms with Gasteiger partial charge >= 0.3 is 0 Å². The number of nitrogens with zero attached hydrogens (tertiary/aromatic N) is 5. The first kappa shape index (κ1) is 17.0. The van der Waals surface area contributed by atoms with E-state index in [1.807, 2.05) is 6.07 Å². The Labute approximate surface area is 147 Å². The lowest BCUT2D eigenvalue weighted by Gasteiger charge is -2.35. The number of rotatable bonds is 3. The molecule has 0 aliphatic carbocycles. The highest BCUT2D eigenvalue weighted by Gasteiger charge is 2.21. The van der Waals surface area contributed by atoms with Gasteiger partial charge in [0.05, 0.1) is 11.4 Å². The van der Waals surface area contributed by atoms with Crippen molar-refractivity contribution < 1.29 is 4.39 Å². The molecule has 0 aromatic carbocycles. The molecule has 1 N–H and O–H groups in total. The van der Waals surface area contributed by atoms with Crippen molar-refractivity contribution >= 4 is 28.7 Å².